The third-order valence-electron chi connectivity index (χ3n) is 5.83. The van der Waals surface area contributed by atoms with Crippen molar-refractivity contribution in [1.82, 2.24) is 4.90 Å². The summed E-state index contributed by atoms with van der Waals surface area (Å²) in [5.74, 6) is 0. The number of hydrogen-bond donors (Lipinski definition) is 1. The van der Waals surface area contributed by atoms with E-state index in [-0.39, 0.29) is 13.2 Å². The molecule has 3 atom stereocenters. The van der Waals surface area contributed by atoms with Gasteiger partial charge in [0.25, 0.3) is 0 Å². The lowest BCUT2D eigenvalue weighted by molar-refractivity contribution is -0.138. The molecule has 0 saturated carbocycles. The maximum atomic E-state index is 12.9. The number of halogens is 6. The van der Waals surface area contributed by atoms with Crippen LogP contribution in [0.25, 0.3) is 0 Å². The summed E-state index contributed by atoms with van der Waals surface area (Å²) in [5, 5.41) is 10.4. The molecule has 0 bridgehead atoms. The molecule has 0 aliphatic carbocycles. The predicted molar refractivity (Wildman–Crippen MR) is 96.5 cm³/mol. The van der Waals surface area contributed by atoms with Crippen LogP contribution in [0.2, 0.25) is 0 Å². The summed E-state index contributed by atoms with van der Waals surface area (Å²) in [6.07, 6.45) is -11.6. The van der Waals surface area contributed by atoms with Gasteiger partial charge in [0.2, 0.25) is 0 Å². The molecule has 0 spiro atoms. The molecular formula is C21H19F6NO3. The number of nitrogens with zero attached hydrogens (tertiary/aromatic N) is 1. The van der Waals surface area contributed by atoms with E-state index < -0.39 is 47.6 Å². The van der Waals surface area contributed by atoms with E-state index in [9.17, 15) is 31.4 Å². The summed E-state index contributed by atoms with van der Waals surface area (Å²) in [5.41, 5.74) is -1.78. The van der Waals surface area contributed by atoms with Crippen molar-refractivity contribution in [1.29, 1.82) is 0 Å². The number of alkyl halides is 6. The zero-order chi connectivity index (χ0) is 22.6. The molecule has 0 radical (unpaired) electrons. The molecule has 2 aromatic carbocycles. The van der Waals surface area contributed by atoms with Gasteiger partial charge in [0.1, 0.15) is 12.5 Å². The fraction of sp³-hybridized carbons (Fsp3) is 0.429. The zero-order valence-corrected chi connectivity index (χ0v) is 16.2. The van der Waals surface area contributed by atoms with Crippen LogP contribution in [0.1, 0.15) is 41.6 Å². The van der Waals surface area contributed by atoms with Crippen LogP contribution in [-0.2, 0) is 21.8 Å². The monoisotopic (exact) mass is 447 g/mol. The van der Waals surface area contributed by atoms with Gasteiger partial charge in [0, 0.05) is 0 Å². The largest absolute Gasteiger partial charge is 0.416 e. The van der Waals surface area contributed by atoms with E-state index in [2.05, 4.69) is 0 Å². The van der Waals surface area contributed by atoms with E-state index in [4.69, 9.17) is 9.47 Å². The minimum absolute atomic E-state index is 0.0491. The maximum Gasteiger partial charge on any atom is 0.416 e. The SMILES string of the molecule is CC(O)C12COC(c3ccc(C(F)(F)F)cc3)N1C(c1ccc(C(F)(F)F)cc1)OC2. The second-order valence-corrected chi connectivity index (χ2v) is 7.75. The lowest BCUT2D eigenvalue weighted by Gasteiger charge is -2.36. The Kier molecular flexibility index (Phi) is 5.32. The summed E-state index contributed by atoms with van der Waals surface area (Å²) in [6, 6.07) is 8.88. The van der Waals surface area contributed by atoms with E-state index in [0.29, 0.717) is 11.1 Å². The number of aliphatic hydroxyl groups excluding tert-OH is 1. The van der Waals surface area contributed by atoms with Crippen LogP contribution in [0, 0.1) is 0 Å². The van der Waals surface area contributed by atoms with Crippen molar-refractivity contribution in [3.63, 3.8) is 0 Å². The number of ether oxygens (including phenoxy) is 2. The van der Waals surface area contributed by atoms with E-state index >= 15 is 0 Å². The average molecular weight is 447 g/mol. The van der Waals surface area contributed by atoms with Gasteiger partial charge in [0.05, 0.1) is 36.0 Å². The van der Waals surface area contributed by atoms with E-state index in [0.717, 1.165) is 24.3 Å². The van der Waals surface area contributed by atoms with Crippen molar-refractivity contribution in [2.45, 2.75) is 43.4 Å². The molecule has 2 aliphatic rings. The van der Waals surface area contributed by atoms with Crippen molar-refractivity contribution in [2.24, 2.45) is 0 Å². The van der Waals surface area contributed by atoms with Crippen molar-refractivity contribution in [3.8, 4) is 0 Å². The molecule has 0 aromatic heterocycles. The van der Waals surface area contributed by atoms with Gasteiger partial charge in [-0.05, 0) is 42.3 Å². The molecule has 2 heterocycles. The second-order valence-electron chi connectivity index (χ2n) is 7.75. The zero-order valence-electron chi connectivity index (χ0n) is 16.2. The highest BCUT2D eigenvalue weighted by atomic mass is 19.4. The molecule has 0 amide bonds. The standard InChI is InChI=1S/C21H19F6NO3/c1-12(29)19-10-30-17(13-2-6-15(7-3-13)20(22,23)24)28(19)18(31-11-19)14-4-8-16(9-5-14)21(25,26)27/h2-9,12,17-18,29H,10-11H2,1H3. The fourth-order valence-corrected chi connectivity index (χ4v) is 4.03. The molecule has 4 nitrogen and oxygen atoms in total. The van der Waals surface area contributed by atoms with Crippen LogP contribution in [-0.4, -0.2) is 34.9 Å². The molecule has 10 heteroatoms. The summed E-state index contributed by atoms with van der Waals surface area (Å²) >= 11 is 0. The van der Waals surface area contributed by atoms with Crippen LogP contribution in [0.3, 0.4) is 0 Å². The van der Waals surface area contributed by atoms with Crippen LogP contribution in [0.5, 0.6) is 0 Å². The smallest absolute Gasteiger partial charge is 0.391 e. The molecule has 3 unspecified atom stereocenters. The first kappa shape index (κ1) is 22.1. The van der Waals surface area contributed by atoms with Crippen molar-refractivity contribution in [3.05, 3.63) is 70.8 Å². The fourth-order valence-electron chi connectivity index (χ4n) is 4.03. The van der Waals surface area contributed by atoms with Crippen LogP contribution < -0.4 is 0 Å². The van der Waals surface area contributed by atoms with E-state index in [1.165, 1.54) is 24.3 Å². The normalized spacial score (nSPS) is 28.0. The van der Waals surface area contributed by atoms with Crippen molar-refractivity contribution in [2.75, 3.05) is 13.2 Å². The minimum atomic E-state index is -4.49. The Labute approximate surface area is 174 Å². The van der Waals surface area contributed by atoms with Crippen LogP contribution in [0.4, 0.5) is 26.3 Å². The highest BCUT2D eigenvalue weighted by Crippen LogP contribution is 2.50. The second kappa shape index (κ2) is 7.47. The van der Waals surface area contributed by atoms with Crippen molar-refractivity contribution < 1.29 is 40.9 Å². The van der Waals surface area contributed by atoms with E-state index in [1.54, 1.807) is 11.8 Å². The van der Waals surface area contributed by atoms with Gasteiger partial charge in [-0.3, -0.25) is 0 Å². The average Bonchev–Trinajstić information content (AvgIpc) is 3.25. The van der Waals surface area contributed by atoms with Crippen molar-refractivity contribution >= 4 is 0 Å². The number of fused-ring (bicyclic) bond motifs is 1. The molecule has 1 N–H and O–H groups in total. The minimum Gasteiger partial charge on any atom is -0.391 e. The Hall–Kier alpha value is -2.14. The third kappa shape index (κ3) is 3.82. The molecule has 2 aromatic rings. The molecule has 2 fully saturated rings. The molecule has 2 saturated heterocycles. The summed E-state index contributed by atoms with van der Waals surface area (Å²) in [7, 11) is 0. The van der Waals surface area contributed by atoms with Gasteiger partial charge in [-0.2, -0.15) is 26.3 Å². The lowest BCUT2D eigenvalue weighted by atomic mass is 9.93. The number of benzene rings is 2. The highest BCUT2D eigenvalue weighted by molar-refractivity contribution is 5.31. The predicted octanol–water partition coefficient (Wildman–Crippen LogP) is 4.90. The van der Waals surface area contributed by atoms with Crippen LogP contribution in [0.15, 0.2) is 48.5 Å². The Morgan fingerprint density at radius 3 is 1.45 bits per heavy atom. The topological polar surface area (TPSA) is 41.9 Å². The Morgan fingerprint density at radius 1 is 0.806 bits per heavy atom. The number of rotatable bonds is 3. The Bertz CT molecular complexity index is 855. The first-order chi connectivity index (χ1) is 14.4. The Morgan fingerprint density at radius 2 is 1.16 bits per heavy atom. The first-order valence-corrected chi connectivity index (χ1v) is 9.47. The number of aliphatic hydroxyl groups is 1. The third-order valence-corrected chi connectivity index (χ3v) is 5.83. The maximum absolute atomic E-state index is 12.9. The molecule has 31 heavy (non-hydrogen) atoms. The molecule has 168 valence electrons. The van der Waals surface area contributed by atoms with Gasteiger partial charge >= 0.3 is 12.4 Å². The van der Waals surface area contributed by atoms with E-state index in [1.807, 2.05) is 0 Å². The Balaban J connectivity index is 1.69. The van der Waals surface area contributed by atoms with Gasteiger partial charge < -0.3 is 14.6 Å². The highest BCUT2D eigenvalue weighted by Gasteiger charge is 2.59. The quantitative estimate of drug-likeness (QED) is 0.680. The molecule has 4 rings (SSSR count). The van der Waals surface area contributed by atoms with Gasteiger partial charge in [-0.1, -0.05) is 24.3 Å². The van der Waals surface area contributed by atoms with Crippen LogP contribution >= 0.6 is 0 Å². The molecule has 2 aliphatic heterocycles. The summed E-state index contributed by atoms with van der Waals surface area (Å²) in [6.45, 7) is 1.64. The summed E-state index contributed by atoms with van der Waals surface area (Å²) in [4.78, 5) is 1.68. The first-order valence-electron chi connectivity index (χ1n) is 9.47. The van der Waals surface area contributed by atoms with Gasteiger partial charge in [0.15, 0.2) is 0 Å². The number of hydrogen-bond acceptors (Lipinski definition) is 4. The lowest BCUT2D eigenvalue weighted by Crippen LogP contribution is -2.52. The molecular weight excluding hydrogens is 428 g/mol. The summed E-state index contributed by atoms with van der Waals surface area (Å²) < 4.78 is 89.1. The van der Waals surface area contributed by atoms with Gasteiger partial charge in [-0.15, -0.1) is 0 Å². The van der Waals surface area contributed by atoms with Gasteiger partial charge in [-0.25, -0.2) is 4.90 Å².